The number of rotatable bonds is 6. The molecule has 0 radical (unpaired) electrons. The molecule has 5 heteroatoms. The van der Waals surface area contributed by atoms with Gasteiger partial charge in [-0.3, -0.25) is 4.79 Å². The number of hydrogen-bond donors (Lipinski definition) is 1. The van der Waals surface area contributed by atoms with Crippen LogP contribution in [0.15, 0.2) is 36.7 Å². The summed E-state index contributed by atoms with van der Waals surface area (Å²) in [5.74, 6) is 0.200. The Morgan fingerprint density at radius 3 is 2.48 bits per heavy atom. The zero-order valence-corrected chi connectivity index (χ0v) is 13.1. The molecular weight excluding hydrogens is 288 g/mol. The molecule has 114 valence electrons. The van der Waals surface area contributed by atoms with E-state index in [-0.39, 0.29) is 24.9 Å². The van der Waals surface area contributed by atoms with Gasteiger partial charge in [0.25, 0.3) is 0 Å². The molecule has 1 aromatic carbocycles. The van der Waals surface area contributed by atoms with Crippen molar-refractivity contribution in [3.8, 4) is 0 Å². The van der Waals surface area contributed by atoms with Gasteiger partial charge < -0.3 is 9.67 Å². The van der Waals surface area contributed by atoms with Gasteiger partial charge in [-0.1, -0.05) is 37.6 Å². The highest BCUT2D eigenvalue weighted by Crippen LogP contribution is 2.25. The van der Waals surface area contributed by atoms with Gasteiger partial charge in [-0.2, -0.15) is 0 Å². The zero-order chi connectivity index (χ0) is 14.5. The quantitative estimate of drug-likeness (QED) is 0.886. The van der Waals surface area contributed by atoms with Crippen molar-refractivity contribution in [3.05, 3.63) is 53.6 Å². The fourth-order valence-corrected chi connectivity index (χ4v) is 2.49. The zero-order valence-electron chi connectivity index (χ0n) is 12.3. The molecule has 0 spiro atoms. The fourth-order valence-electron chi connectivity index (χ4n) is 2.49. The van der Waals surface area contributed by atoms with Crippen molar-refractivity contribution >= 4 is 18.4 Å². The summed E-state index contributed by atoms with van der Waals surface area (Å²) in [6.45, 7) is 4.17. The third-order valence-corrected chi connectivity index (χ3v) is 3.48. The molecule has 1 atom stereocenters. The number of hydrogen-bond acceptors (Lipinski definition) is 2. The summed E-state index contributed by atoms with van der Waals surface area (Å²) in [5, 5.41) is 8.80. The fraction of sp³-hybridized carbons (Fsp3) is 0.375. The number of imidazole rings is 1. The average Bonchev–Trinajstić information content (AvgIpc) is 2.83. The lowest BCUT2D eigenvalue weighted by Crippen LogP contribution is -2.11. The predicted octanol–water partition coefficient (Wildman–Crippen LogP) is 3.63. The number of aromatic nitrogens is 2. The number of halogens is 1. The third kappa shape index (κ3) is 4.33. The largest absolute Gasteiger partial charge is 0.481 e. The van der Waals surface area contributed by atoms with Crippen LogP contribution in [0.5, 0.6) is 0 Å². The van der Waals surface area contributed by atoms with Crippen molar-refractivity contribution in [2.75, 3.05) is 0 Å². The van der Waals surface area contributed by atoms with E-state index in [1.807, 2.05) is 43.6 Å². The maximum Gasteiger partial charge on any atom is 0.307 e. The van der Waals surface area contributed by atoms with E-state index in [9.17, 15) is 4.79 Å². The van der Waals surface area contributed by atoms with Crippen molar-refractivity contribution in [1.29, 1.82) is 0 Å². The molecule has 0 aliphatic carbocycles. The minimum atomic E-state index is -0.798. The molecule has 1 N–H and O–H groups in total. The maximum atomic E-state index is 10.7. The number of carbonyl (C=O) groups is 1. The SMILES string of the molecule is CCCC(c1ccc(CC(=O)O)cc1)n1ccnc1C.Cl. The number of nitrogens with zero attached hydrogens (tertiary/aromatic N) is 2. The van der Waals surface area contributed by atoms with E-state index in [0.717, 1.165) is 24.2 Å². The van der Waals surface area contributed by atoms with Crippen LogP contribution >= 0.6 is 12.4 Å². The van der Waals surface area contributed by atoms with Crippen LogP contribution in [0.1, 0.15) is 42.8 Å². The standard InChI is InChI=1S/C16H20N2O2.ClH/c1-3-4-15(18-10-9-17-12(18)2)14-7-5-13(6-8-14)11-16(19)20;/h5-10,15H,3-4,11H2,1-2H3,(H,19,20);1H. The van der Waals surface area contributed by atoms with E-state index in [4.69, 9.17) is 5.11 Å². The van der Waals surface area contributed by atoms with Gasteiger partial charge in [0.1, 0.15) is 5.82 Å². The molecule has 0 fully saturated rings. The summed E-state index contributed by atoms with van der Waals surface area (Å²) < 4.78 is 2.18. The molecule has 0 aliphatic heterocycles. The predicted molar refractivity (Wildman–Crippen MR) is 85.0 cm³/mol. The molecule has 0 saturated carbocycles. The van der Waals surface area contributed by atoms with E-state index in [2.05, 4.69) is 16.5 Å². The second kappa shape index (κ2) is 7.84. The van der Waals surface area contributed by atoms with Gasteiger partial charge in [-0.05, 0) is 24.5 Å². The molecule has 0 aliphatic rings. The van der Waals surface area contributed by atoms with Crippen molar-refractivity contribution in [1.82, 2.24) is 9.55 Å². The normalized spacial score (nSPS) is 11.7. The summed E-state index contributed by atoms with van der Waals surface area (Å²) >= 11 is 0. The Morgan fingerprint density at radius 2 is 2.00 bits per heavy atom. The summed E-state index contributed by atoms with van der Waals surface area (Å²) in [5.41, 5.74) is 2.03. The van der Waals surface area contributed by atoms with E-state index in [1.165, 1.54) is 5.56 Å². The van der Waals surface area contributed by atoms with Crippen LogP contribution in [0.25, 0.3) is 0 Å². The Hall–Kier alpha value is -1.81. The van der Waals surface area contributed by atoms with E-state index < -0.39 is 5.97 Å². The van der Waals surface area contributed by atoms with E-state index >= 15 is 0 Å². The Labute approximate surface area is 131 Å². The topological polar surface area (TPSA) is 55.1 Å². The lowest BCUT2D eigenvalue weighted by Gasteiger charge is -2.20. The van der Waals surface area contributed by atoms with Gasteiger partial charge in [0, 0.05) is 12.4 Å². The van der Waals surface area contributed by atoms with Crippen LogP contribution in [-0.2, 0) is 11.2 Å². The molecular formula is C16H21ClN2O2. The second-order valence-corrected chi connectivity index (χ2v) is 5.00. The van der Waals surface area contributed by atoms with E-state index in [1.54, 1.807) is 0 Å². The molecule has 2 aromatic rings. The number of aryl methyl sites for hydroxylation is 1. The highest BCUT2D eigenvalue weighted by Gasteiger charge is 2.14. The summed E-state index contributed by atoms with van der Waals surface area (Å²) in [6, 6.07) is 8.12. The van der Waals surface area contributed by atoms with Gasteiger partial charge in [0.2, 0.25) is 0 Å². The minimum absolute atomic E-state index is 0. The first-order chi connectivity index (χ1) is 9.61. The van der Waals surface area contributed by atoms with Crippen LogP contribution in [0.4, 0.5) is 0 Å². The Balaban J connectivity index is 0.00000220. The summed E-state index contributed by atoms with van der Waals surface area (Å²) in [7, 11) is 0. The number of carboxylic acids is 1. The monoisotopic (exact) mass is 308 g/mol. The lowest BCUT2D eigenvalue weighted by atomic mass is 10.00. The molecule has 0 amide bonds. The third-order valence-electron chi connectivity index (χ3n) is 3.48. The first-order valence-corrected chi connectivity index (χ1v) is 6.92. The van der Waals surface area contributed by atoms with Gasteiger partial charge in [-0.25, -0.2) is 4.98 Å². The lowest BCUT2D eigenvalue weighted by molar-refractivity contribution is -0.136. The molecule has 1 aromatic heterocycles. The Kier molecular flexibility index (Phi) is 6.43. The van der Waals surface area contributed by atoms with Gasteiger partial charge >= 0.3 is 5.97 Å². The smallest absolute Gasteiger partial charge is 0.307 e. The van der Waals surface area contributed by atoms with Crippen LogP contribution in [-0.4, -0.2) is 20.6 Å². The Morgan fingerprint density at radius 1 is 1.33 bits per heavy atom. The summed E-state index contributed by atoms with van der Waals surface area (Å²) in [6.07, 6.45) is 6.01. The maximum absolute atomic E-state index is 10.7. The first kappa shape index (κ1) is 17.2. The van der Waals surface area contributed by atoms with E-state index in [0.29, 0.717) is 0 Å². The molecule has 0 bridgehead atoms. The minimum Gasteiger partial charge on any atom is -0.481 e. The average molecular weight is 309 g/mol. The van der Waals surface area contributed by atoms with Crippen LogP contribution in [0, 0.1) is 6.92 Å². The second-order valence-electron chi connectivity index (χ2n) is 5.00. The molecule has 4 nitrogen and oxygen atoms in total. The molecule has 0 saturated heterocycles. The first-order valence-electron chi connectivity index (χ1n) is 6.92. The highest BCUT2D eigenvalue weighted by atomic mass is 35.5. The van der Waals surface area contributed by atoms with Gasteiger partial charge in [-0.15, -0.1) is 12.4 Å². The molecule has 21 heavy (non-hydrogen) atoms. The molecule has 1 unspecified atom stereocenters. The van der Waals surface area contributed by atoms with Crippen LogP contribution < -0.4 is 0 Å². The Bertz CT molecular complexity index is 578. The van der Waals surface area contributed by atoms with Crippen molar-refractivity contribution < 1.29 is 9.90 Å². The number of aliphatic carboxylic acids is 1. The number of carboxylic acid groups (broad SMARTS) is 1. The van der Waals surface area contributed by atoms with Crippen molar-refractivity contribution in [2.45, 2.75) is 39.2 Å². The summed E-state index contributed by atoms with van der Waals surface area (Å²) in [4.78, 5) is 15.0. The number of benzene rings is 1. The van der Waals surface area contributed by atoms with Crippen LogP contribution in [0.2, 0.25) is 0 Å². The van der Waals surface area contributed by atoms with Crippen molar-refractivity contribution in [2.24, 2.45) is 0 Å². The van der Waals surface area contributed by atoms with Gasteiger partial charge in [0.15, 0.2) is 0 Å². The van der Waals surface area contributed by atoms with Crippen LogP contribution in [0.3, 0.4) is 0 Å². The van der Waals surface area contributed by atoms with Crippen molar-refractivity contribution in [3.63, 3.8) is 0 Å². The molecule has 2 rings (SSSR count). The highest BCUT2D eigenvalue weighted by molar-refractivity contribution is 5.85. The van der Waals surface area contributed by atoms with Gasteiger partial charge in [0.05, 0.1) is 12.5 Å². The molecule has 1 heterocycles.